The van der Waals surface area contributed by atoms with Gasteiger partial charge < -0.3 is 15.8 Å². The molecule has 0 bridgehead atoms. The van der Waals surface area contributed by atoms with E-state index in [0.717, 1.165) is 22.4 Å². The average molecular weight is 374 g/mol. The average Bonchev–Trinajstić information content (AvgIpc) is 2.74. The highest BCUT2D eigenvalue weighted by Crippen LogP contribution is 2.24. The first-order valence-corrected chi connectivity index (χ1v) is 8.95. The predicted octanol–water partition coefficient (Wildman–Crippen LogP) is 3.19. The van der Waals surface area contributed by atoms with Crippen molar-refractivity contribution in [1.29, 1.82) is 0 Å². The molecule has 0 fully saturated rings. The number of nitrogens with one attached hydrogen (secondary N) is 1. The van der Waals surface area contributed by atoms with Gasteiger partial charge in [0.05, 0.1) is 7.11 Å². The van der Waals surface area contributed by atoms with Crippen molar-refractivity contribution in [1.82, 2.24) is 5.32 Å². The Kier molecular flexibility index (Phi) is 6.07. The van der Waals surface area contributed by atoms with Gasteiger partial charge in [-0.2, -0.15) is 0 Å². The summed E-state index contributed by atoms with van der Waals surface area (Å²) in [6, 6.07) is 23.5. The van der Waals surface area contributed by atoms with Gasteiger partial charge in [-0.1, -0.05) is 54.6 Å². The molecule has 0 saturated heterocycles. The molecule has 3 N–H and O–H groups in total. The fraction of sp³-hybridized carbons (Fsp3) is 0.130. The Hall–Kier alpha value is -3.60. The molecule has 3 aromatic carbocycles. The van der Waals surface area contributed by atoms with Crippen LogP contribution in [0.1, 0.15) is 15.9 Å². The molecule has 0 aliphatic carbocycles. The van der Waals surface area contributed by atoms with E-state index in [1.54, 1.807) is 25.3 Å². The van der Waals surface area contributed by atoms with Gasteiger partial charge in [0, 0.05) is 12.0 Å². The number of benzene rings is 3. The quantitative estimate of drug-likeness (QED) is 0.666. The van der Waals surface area contributed by atoms with Gasteiger partial charge >= 0.3 is 0 Å². The number of ether oxygens (including phenoxy) is 1. The molecule has 3 rings (SSSR count). The number of amides is 2. The molecular formula is C23H22N2O3. The Morgan fingerprint density at radius 3 is 2.29 bits per heavy atom. The van der Waals surface area contributed by atoms with Crippen molar-refractivity contribution in [2.45, 2.75) is 12.5 Å². The lowest BCUT2D eigenvalue weighted by Gasteiger charge is -2.16. The molecule has 142 valence electrons. The van der Waals surface area contributed by atoms with Crippen LogP contribution in [0.5, 0.6) is 5.75 Å². The summed E-state index contributed by atoms with van der Waals surface area (Å²) in [6.45, 7) is 0. The van der Waals surface area contributed by atoms with Crippen LogP contribution in [0.3, 0.4) is 0 Å². The molecule has 0 heterocycles. The van der Waals surface area contributed by atoms with Crippen LogP contribution in [0, 0.1) is 0 Å². The summed E-state index contributed by atoms with van der Waals surface area (Å²) in [6.07, 6.45) is 0.345. The van der Waals surface area contributed by atoms with Gasteiger partial charge in [0.15, 0.2) is 0 Å². The van der Waals surface area contributed by atoms with E-state index in [1.807, 2.05) is 60.7 Å². The van der Waals surface area contributed by atoms with Crippen LogP contribution in [0.15, 0.2) is 78.9 Å². The van der Waals surface area contributed by atoms with E-state index >= 15 is 0 Å². The predicted molar refractivity (Wildman–Crippen MR) is 109 cm³/mol. The minimum Gasteiger partial charge on any atom is -0.497 e. The summed E-state index contributed by atoms with van der Waals surface area (Å²) in [5.41, 5.74) is 8.70. The molecular weight excluding hydrogens is 352 g/mol. The molecule has 28 heavy (non-hydrogen) atoms. The standard InChI is InChI=1S/C23H22N2O3/c1-28-20-12-6-10-18(15-20)17-9-5-11-19(14-17)23(27)25-21(22(24)26)13-16-7-3-2-4-8-16/h2-12,14-15,21H,13H2,1H3,(H2,24,26)(H,25,27)/t21-/m0/s1. The minimum atomic E-state index is -0.782. The first-order valence-electron chi connectivity index (χ1n) is 8.95. The fourth-order valence-corrected chi connectivity index (χ4v) is 2.96. The van der Waals surface area contributed by atoms with Gasteiger partial charge in [-0.25, -0.2) is 0 Å². The SMILES string of the molecule is COc1cccc(-c2cccc(C(=O)N[C@@H](Cc3ccccc3)C(N)=O)c2)c1. The lowest BCUT2D eigenvalue weighted by atomic mass is 10.0. The van der Waals surface area contributed by atoms with Gasteiger partial charge in [0.25, 0.3) is 5.91 Å². The third-order valence-corrected chi connectivity index (χ3v) is 4.46. The Bertz CT molecular complexity index is 970. The van der Waals surface area contributed by atoms with E-state index in [4.69, 9.17) is 10.5 Å². The van der Waals surface area contributed by atoms with Crippen LogP contribution in [-0.4, -0.2) is 25.0 Å². The summed E-state index contributed by atoms with van der Waals surface area (Å²) in [5.74, 6) is -0.172. The maximum atomic E-state index is 12.7. The number of methoxy groups -OCH3 is 1. The van der Waals surface area contributed by atoms with Crippen LogP contribution in [0.4, 0.5) is 0 Å². The maximum Gasteiger partial charge on any atom is 0.251 e. The van der Waals surface area contributed by atoms with Crippen molar-refractivity contribution in [2.24, 2.45) is 5.73 Å². The number of hydrogen-bond acceptors (Lipinski definition) is 3. The van der Waals surface area contributed by atoms with Gasteiger partial charge in [0.2, 0.25) is 5.91 Å². The molecule has 0 aliphatic heterocycles. The van der Waals surface area contributed by atoms with Crippen LogP contribution < -0.4 is 15.8 Å². The Morgan fingerprint density at radius 2 is 1.61 bits per heavy atom. The van der Waals surface area contributed by atoms with E-state index in [0.29, 0.717) is 12.0 Å². The second kappa shape index (κ2) is 8.86. The topological polar surface area (TPSA) is 81.4 Å². The molecule has 0 unspecified atom stereocenters. The molecule has 0 spiro atoms. The molecule has 5 nitrogen and oxygen atoms in total. The number of primary amides is 1. The van der Waals surface area contributed by atoms with Gasteiger partial charge in [0.1, 0.15) is 11.8 Å². The molecule has 3 aromatic rings. The van der Waals surface area contributed by atoms with Gasteiger partial charge in [-0.15, -0.1) is 0 Å². The highest BCUT2D eigenvalue weighted by Gasteiger charge is 2.19. The van der Waals surface area contributed by atoms with Gasteiger partial charge in [-0.3, -0.25) is 9.59 Å². The zero-order valence-corrected chi connectivity index (χ0v) is 15.6. The molecule has 0 aliphatic rings. The molecule has 0 saturated carbocycles. The highest BCUT2D eigenvalue weighted by atomic mass is 16.5. The van der Waals surface area contributed by atoms with Gasteiger partial charge in [-0.05, 0) is 41.0 Å². The van der Waals surface area contributed by atoms with E-state index < -0.39 is 11.9 Å². The number of carbonyl (C=O) groups excluding carboxylic acids is 2. The van der Waals surface area contributed by atoms with E-state index in [9.17, 15) is 9.59 Å². The summed E-state index contributed by atoms with van der Waals surface area (Å²) in [5, 5.41) is 2.74. The van der Waals surface area contributed by atoms with Crippen LogP contribution in [0.2, 0.25) is 0 Å². The third-order valence-electron chi connectivity index (χ3n) is 4.46. The molecule has 5 heteroatoms. The van der Waals surface area contributed by atoms with E-state index in [-0.39, 0.29) is 5.91 Å². The first kappa shape index (κ1) is 19.2. The molecule has 1 atom stereocenters. The van der Waals surface area contributed by atoms with Crippen LogP contribution >= 0.6 is 0 Å². The zero-order chi connectivity index (χ0) is 19.9. The summed E-state index contributed by atoms with van der Waals surface area (Å²) < 4.78 is 5.26. The Balaban J connectivity index is 1.78. The number of carbonyl (C=O) groups is 2. The monoisotopic (exact) mass is 374 g/mol. The molecule has 0 radical (unpaired) electrons. The smallest absolute Gasteiger partial charge is 0.251 e. The number of rotatable bonds is 7. The van der Waals surface area contributed by atoms with Crippen molar-refractivity contribution >= 4 is 11.8 Å². The number of nitrogens with two attached hydrogens (primary N) is 1. The lowest BCUT2D eigenvalue weighted by molar-refractivity contribution is -0.119. The van der Waals surface area contributed by atoms with E-state index in [2.05, 4.69) is 5.32 Å². The van der Waals surface area contributed by atoms with Crippen molar-refractivity contribution in [3.05, 3.63) is 90.0 Å². The first-order chi connectivity index (χ1) is 13.6. The summed E-state index contributed by atoms with van der Waals surface area (Å²) in [4.78, 5) is 24.5. The second-order valence-electron chi connectivity index (χ2n) is 6.43. The molecule has 2 amide bonds. The van der Waals surface area contributed by atoms with Crippen molar-refractivity contribution < 1.29 is 14.3 Å². The second-order valence-corrected chi connectivity index (χ2v) is 6.43. The normalized spacial score (nSPS) is 11.5. The Morgan fingerprint density at radius 1 is 0.929 bits per heavy atom. The summed E-state index contributed by atoms with van der Waals surface area (Å²) >= 11 is 0. The largest absolute Gasteiger partial charge is 0.497 e. The summed E-state index contributed by atoms with van der Waals surface area (Å²) in [7, 11) is 1.61. The van der Waals surface area contributed by atoms with Crippen LogP contribution in [0.25, 0.3) is 11.1 Å². The minimum absolute atomic E-state index is 0.343. The third kappa shape index (κ3) is 4.76. The highest BCUT2D eigenvalue weighted by molar-refractivity contribution is 5.98. The fourth-order valence-electron chi connectivity index (χ4n) is 2.96. The van der Waals surface area contributed by atoms with Crippen LogP contribution in [-0.2, 0) is 11.2 Å². The Labute approximate surface area is 164 Å². The van der Waals surface area contributed by atoms with Crippen molar-refractivity contribution in [2.75, 3.05) is 7.11 Å². The van der Waals surface area contributed by atoms with E-state index in [1.165, 1.54) is 0 Å². The lowest BCUT2D eigenvalue weighted by Crippen LogP contribution is -2.45. The van der Waals surface area contributed by atoms with Crippen molar-refractivity contribution in [3.63, 3.8) is 0 Å². The number of hydrogen-bond donors (Lipinski definition) is 2. The molecule has 0 aromatic heterocycles. The van der Waals surface area contributed by atoms with Crippen molar-refractivity contribution in [3.8, 4) is 16.9 Å². The zero-order valence-electron chi connectivity index (χ0n) is 15.6. The maximum absolute atomic E-state index is 12.7.